The molecule has 0 unspecified atom stereocenters. The van der Waals surface area contributed by atoms with Gasteiger partial charge >= 0.3 is 0 Å². The number of amides is 1. The van der Waals surface area contributed by atoms with Gasteiger partial charge in [0.25, 0.3) is 0 Å². The molecule has 3 rings (SSSR count). The number of hydrogen-bond acceptors (Lipinski definition) is 3. The second-order valence-corrected chi connectivity index (χ2v) is 5.88. The molecule has 0 spiro atoms. The van der Waals surface area contributed by atoms with Crippen molar-refractivity contribution < 1.29 is 4.79 Å². The standard InChI is InChI=1S/C18H22N4O/c1-4-7-15(23)19-17-14-11-13-9-6-8-12(3)16(13)20-18(14)22(21-17)10-5-2/h6,8-9,11H,4-5,7,10H2,1-3H3,(H,19,21,23). The Morgan fingerprint density at radius 3 is 2.83 bits per heavy atom. The van der Waals surface area contributed by atoms with Crippen molar-refractivity contribution in [1.29, 1.82) is 0 Å². The molecule has 1 N–H and O–H groups in total. The molecule has 0 radical (unpaired) electrons. The van der Waals surface area contributed by atoms with E-state index < -0.39 is 0 Å². The summed E-state index contributed by atoms with van der Waals surface area (Å²) in [7, 11) is 0. The van der Waals surface area contributed by atoms with Crippen LogP contribution in [-0.2, 0) is 11.3 Å². The highest BCUT2D eigenvalue weighted by Gasteiger charge is 2.15. The van der Waals surface area contributed by atoms with Gasteiger partial charge in [0.05, 0.1) is 10.9 Å². The fourth-order valence-electron chi connectivity index (χ4n) is 2.81. The van der Waals surface area contributed by atoms with E-state index >= 15 is 0 Å². The average molecular weight is 310 g/mol. The van der Waals surface area contributed by atoms with Crippen molar-refractivity contribution in [2.75, 3.05) is 5.32 Å². The summed E-state index contributed by atoms with van der Waals surface area (Å²) in [6.45, 7) is 6.94. The first-order valence-corrected chi connectivity index (χ1v) is 8.20. The van der Waals surface area contributed by atoms with Crippen LogP contribution in [0.4, 0.5) is 5.82 Å². The maximum absolute atomic E-state index is 12.0. The molecule has 3 aromatic rings. The number of nitrogens with one attached hydrogen (secondary N) is 1. The summed E-state index contributed by atoms with van der Waals surface area (Å²) in [5.41, 5.74) is 2.97. The van der Waals surface area contributed by atoms with Gasteiger partial charge in [-0.2, -0.15) is 5.10 Å². The third kappa shape index (κ3) is 2.91. The molecular formula is C18H22N4O. The van der Waals surface area contributed by atoms with Crippen LogP contribution in [0.25, 0.3) is 21.9 Å². The Bertz CT molecular complexity index is 866. The van der Waals surface area contributed by atoms with Gasteiger partial charge in [-0.05, 0) is 31.4 Å². The molecule has 0 fully saturated rings. The van der Waals surface area contributed by atoms with Crippen LogP contribution in [0.2, 0.25) is 0 Å². The van der Waals surface area contributed by atoms with E-state index in [4.69, 9.17) is 4.98 Å². The Labute approximate surface area is 135 Å². The van der Waals surface area contributed by atoms with Crippen LogP contribution in [0.1, 0.15) is 38.7 Å². The first kappa shape index (κ1) is 15.5. The molecular weight excluding hydrogens is 288 g/mol. The topological polar surface area (TPSA) is 59.8 Å². The smallest absolute Gasteiger partial charge is 0.225 e. The number of para-hydroxylation sites is 1. The molecule has 120 valence electrons. The quantitative estimate of drug-likeness (QED) is 0.773. The Morgan fingerprint density at radius 1 is 1.26 bits per heavy atom. The summed E-state index contributed by atoms with van der Waals surface area (Å²) in [4.78, 5) is 16.8. The maximum Gasteiger partial charge on any atom is 0.225 e. The minimum Gasteiger partial charge on any atom is -0.309 e. The van der Waals surface area contributed by atoms with Crippen LogP contribution < -0.4 is 5.32 Å². The van der Waals surface area contributed by atoms with E-state index in [1.165, 1.54) is 0 Å². The number of carbonyl (C=O) groups is 1. The van der Waals surface area contributed by atoms with E-state index in [0.29, 0.717) is 12.2 Å². The average Bonchev–Trinajstić information content (AvgIpc) is 2.84. The maximum atomic E-state index is 12.0. The molecule has 23 heavy (non-hydrogen) atoms. The number of carbonyl (C=O) groups excluding carboxylic acids is 1. The van der Waals surface area contributed by atoms with Gasteiger partial charge in [0.2, 0.25) is 5.91 Å². The fraction of sp³-hybridized carbons (Fsp3) is 0.389. The zero-order chi connectivity index (χ0) is 16.4. The molecule has 1 aromatic carbocycles. The van der Waals surface area contributed by atoms with Crippen LogP contribution in [0.15, 0.2) is 24.3 Å². The molecule has 0 aliphatic rings. The highest BCUT2D eigenvalue weighted by molar-refractivity contribution is 6.03. The first-order valence-electron chi connectivity index (χ1n) is 8.20. The van der Waals surface area contributed by atoms with E-state index in [9.17, 15) is 4.79 Å². The Balaban J connectivity index is 2.18. The number of nitrogens with zero attached hydrogens (tertiary/aromatic N) is 3. The summed E-state index contributed by atoms with van der Waals surface area (Å²) in [5.74, 6) is 0.614. The van der Waals surface area contributed by atoms with Gasteiger partial charge in [-0.15, -0.1) is 0 Å². The van der Waals surface area contributed by atoms with Crippen LogP contribution in [0.3, 0.4) is 0 Å². The first-order chi connectivity index (χ1) is 11.1. The second-order valence-electron chi connectivity index (χ2n) is 5.88. The fourth-order valence-corrected chi connectivity index (χ4v) is 2.81. The number of hydrogen-bond donors (Lipinski definition) is 1. The third-order valence-corrected chi connectivity index (χ3v) is 3.92. The van der Waals surface area contributed by atoms with Crippen molar-refractivity contribution >= 4 is 33.7 Å². The summed E-state index contributed by atoms with van der Waals surface area (Å²) in [6.07, 6.45) is 2.29. The van der Waals surface area contributed by atoms with Gasteiger partial charge in [-0.3, -0.25) is 4.79 Å². The van der Waals surface area contributed by atoms with Crippen LogP contribution >= 0.6 is 0 Å². The number of pyridine rings is 1. The molecule has 5 nitrogen and oxygen atoms in total. The lowest BCUT2D eigenvalue weighted by molar-refractivity contribution is -0.116. The van der Waals surface area contributed by atoms with Gasteiger partial charge in [0.15, 0.2) is 11.5 Å². The lowest BCUT2D eigenvalue weighted by atomic mass is 10.1. The molecule has 0 saturated heterocycles. The van der Waals surface area contributed by atoms with Crippen molar-refractivity contribution in [3.05, 3.63) is 29.8 Å². The highest BCUT2D eigenvalue weighted by Crippen LogP contribution is 2.27. The van der Waals surface area contributed by atoms with Gasteiger partial charge in [-0.1, -0.05) is 32.0 Å². The Kier molecular flexibility index (Phi) is 4.28. The normalized spacial score (nSPS) is 11.3. The molecule has 1 amide bonds. The SMILES string of the molecule is CCCC(=O)Nc1nn(CCC)c2nc3c(C)cccc3cc12. The van der Waals surface area contributed by atoms with Crippen LogP contribution in [-0.4, -0.2) is 20.7 Å². The van der Waals surface area contributed by atoms with E-state index in [2.05, 4.69) is 36.4 Å². The molecule has 0 saturated carbocycles. The van der Waals surface area contributed by atoms with Crippen LogP contribution in [0.5, 0.6) is 0 Å². The number of rotatable bonds is 5. The van der Waals surface area contributed by atoms with Crippen molar-refractivity contribution in [3.8, 4) is 0 Å². The summed E-state index contributed by atoms with van der Waals surface area (Å²) >= 11 is 0. The van der Waals surface area contributed by atoms with Crippen molar-refractivity contribution in [2.45, 2.75) is 46.6 Å². The predicted molar refractivity (Wildman–Crippen MR) is 93.6 cm³/mol. The van der Waals surface area contributed by atoms with Gasteiger partial charge < -0.3 is 5.32 Å². The largest absolute Gasteiger partial charge is 0.309 e. The molecule has 0 atom stereocenters. The predicted octanol–water partition coefficient (Wildman–Crippen LogP) is 4.04. The lowest BCUT2D eigenvalue weighted by Gasteiger charge is -2.04. The molecule has 0 aliphatic heterocycles. The summed E-state index contributed by atoms with van der Waals surface area (Å²) in [6, 6.07) is 8.21. The minimum absolute atomic E-state index is 0.000104. The zero-order valence-electron chi connectivity index (χ0n) is 13.9. The monoisotopic (exact) mass is 310 g/mol. The molecule has 2 aromatic heterocycles. The molecule has 5 heteroatoms. The van der Waals surface area contributed by atoms with E-state index in [-0.39, 0.29) is 5.91 Å². The van der Waals surface area contributed by atoms with E-state index in [1.807, 2.05) is 23.7 Å². The van der Waals surface area contributed by atoms with Crippen molar-refractivity contribution in [3.63, 3.8) is 0 Å². The summed E-state index contributed by atoms with van der Waals surface area (Å²) < 4.78 is 1.89. The minimum atomic E-state index is -0.000104. The highest BCUT2D eigenvalue weighted by atomic mass is 16.1. The molecule has 0 aliphatic carbocycles. The molecule has 0 bridgehead atoms. The van der Waals surface area contributed by atoms with E-state index in [0.717, 1.165) is 46.9 Å². The van der Waals surface area contributed by atoms with Crippen LogP contribution in [0, 0.1) is 6.92 Å². The number of benzene rings is 1. The second kappa shape index (κ2) is 6.36. The van der Waals surface area contributed by atoms with Gasteiger partial charge in [-0.25, -0.2) is 9.67 Å². The molecule has 2 heterocycles. The number of aryl methyl sites for hydroxylation is 2. The van der Waals surface area contributed by atoms with Crippen molar-refractivity contribution in [1.82, 2.24) is 14.8 Å². The Morgan fingerprint density at radius 2 is 2.09 bits per heavy atom. The Hall–Kier alpha value is -2.43. The number of anilines is 1. The van der Waals surface area contributed by atoms with Gasteiger partial charge in [0, 0.05) is 18.4 Å². The zero-order valence-corrected chi connectivity index (χ0v) is 13.9. The lowest BCUT2D eigenvalue weighted by Crippen LogP contribution is -2.11. The van der Waals surface area contributed by atoms with Crippen molar-refractivity contribution in [2.24, 2.45) is 0 Å². The van der Waals surface area contributed by atoms with E-state index in [1.54, 1.807) is 0 Å². The van der Waals surface area contributed by atoms with Gasteiger partial charge in [0.1, 0.15) is 0 Å². The number of aromatic nitrogens is 3. The number of fused-ring (bicyclic) bond motifs is 2. The summed E-state index contributed by atoms with van der Waals surface area (Å²) in [5, 5.41) is 9.48. The third-order valence-electron chi connectivity index (χ3n) is 3.92.